The molecule has 3 rings (SSSR count). The SMILES string of the molecule is CC(C)C(CC(=O)Nc1ccc2[nH]c(=O)oc2c1)c1ccccc1. The van der Waals surface area contributed by atoms with Crippen molar-refractivity contribution in [1.82, 2.24) is 4.98 Å². The number of benzene rings is 2. The molecule has 0 radical (unpaired) electrons. The van der Waals surface area contributed by atoms with Crippen LogP contribution in [0.15, 0.2) is 57.7 Å². The van der Waals surface area contributed by atoms with Gasteiger partial charge in [-0.2, -0.15) is 0 Å². The summed E-state index contributed by atoms with van der Waals surface area (Å²) in [6.07, 6.45) is 0.400. The minimum atomic E-state index is -0.502. The summed E-state index contributed by atoms with van der Waals surface area (Å²) in [5.41, 5.74) is 2.82. The summed E-state index contributed by atoms with van der Waals surface area (Å²) in [4.78, 5) is 26.2. The topological polar surface area (TPSA) is 75.1 Å². The van der Waals surface area contributed by atoms with Gasteiger partial charge in [0, 0.05) is 18.2 Å². The third-order valence-corrected chi connectivity index (χ3v) is 4.14. The Labute approximate surface area is 139 Å². The van der Waals surface area contributed by atoms with Crippen LogP contribution in [0.3, 0.4) is 0 Å². The van der Waals surface area contributed by atoms with Crippen LogP contribution in [0.4, 0.5) is 5.69 Å². The third-order valence-electron chi connectivity index (χ3n) is 4.14. The number of hydrogen-bond donors (Lipinski definition) is 2. The van der Waals surface area contributed by atoms with Crippen LogP contribution in [0.25, 0.3) is 11.1 Å². The number of aromatic nitrogens is 1. The molecule has 0 saturated heterocycles. The molecule has 5 heteroatoms. The van der Waals surface area contributed by atoms with E-state index in [9.17, 15) is 9.59 Å². The lowest BCUT2D eigenvalue weighted by molar-refractivity contribution is -0.116. The van der Waals surface area contributed by atoms with Gasteiger partial charge in [-0.25, -0.2) is 4.79 Å². The van der Waals surface area contributed by atoms with E-state index in [1.165, 1.54) is 0 Å². The van der Waals surface area contributed by atoms with Gasteiger partial charge in [0.25, 0.3) is 0 Å². The molecule has 2 N–H and O–H groups in total. The summed E-state index contributed by atoms with van der Waals surface area (Å²) in [7, 11) is 0. The van der Waals surface area contributed by atoms with Crippen molar-refractivity contribution >= 4 is 22.7 Å². The molecule has 0 aliphatic carbocycles. The van der Waals surface area contributed by atoms with Gasteiger partial charge in [0.2, 0.25) is 5.91 Å². The molecule has 24 heavy (non-hydrogen) atoms. The normalized spacial score (nSPS) is 12.5. The molecule has 0 fully saturated rings. The lowest BCUT2D eigenvalue weighted by Gasteiger charge is -2.21. The number of carbonyl (C=O) groups excluding carboxylic acids is 1. The smallest absolute Gasteiger partial charge is 0.408 e. The summed E-state index contributed by atoms with van der Waals surface area (Å²) in [6, 6.07) is 15.2. The number of hydrogen-bond acceptors (Lipinski definition) is 3. The van der Waals surface area contributed by atoms with E-state index in [0.29, 0.717) is 29.1 Å². The molecule has 0 aliphatic heterocycles. The van der Waals surface area contributed by atoms with E-state index in [0.717, 1.165) is 5.56 Å². The van der Waals surface area contributed by atoms with Crippen LogP contribution >= 0.6 is 0 Å². The molecule has 3 aromatic rings. The zero-order valence-electron chi connectivity index (χ0n) is 13.7. The fourth-order valence-corrected chi connectivity index (χ4v) is 2.87. The number of rotatable bonds is 5. The third kappa shape index (κ3) is 3.56. The van der Waals surface area contributed by atoms with Crippen molar-refractivity contribution in [1.29, 1.82) is 0 Å². The minimum absolute atomic E-state index is 0.0604. The van der Waals surface area contributed by atoms with Crippen molar-refractivity contribution in [2.24, 2.45) is 5.92 Å². The zero-order valence-corrected chi connectivity index (χ0v) is 13.7. The largest absolute Gasteiger partial charge is 0.417 e. The quantitative estimate of drug-likeness (QED) is 0.747. The monoisotopic (exact) mass is 324 g/mol. The summed E-state index contributed by atoms with van der Waals surface area (Å²) < 4.78 is 5.02. The molecule has 1 aromatic heterocycles. The molecule has 1 atom stereocenters. The molecule has 124 valence electrons. The molecule has 1 unspecified atom stereocenters. The Morgan fingerprint density at radius 2 is 1.92 bits per heavy atom. The Balaban J connectivity index is 1.74. The summed E-state index contributed by atoms with van der Waals surface area (Å²) in [6.45, 7) is 4.23. The van der Waals surface area contributed by atoms with Gasteiger partial charge in [-0.3, -0.25) is 9.78 Å². The maximum absolute atomic E-state index is 12.4. The van der Waals surface area contributed by atoms with E-state index in [1.54, 1.807) is 18.2 Å². The van der Waals surface area contributed by atoms with Crippen molar-refractivity contribution < 1.29 is 9.21 Å². The van der Waals surface area contributed by atoms with Gasteiger partial charge in [0.1, 0.15) is 0 Å². The minimum Gasteiger partial charge on any atom is -0.408 e. The molecule has 0 saturated carbocycles. The number of nitrogens with one attached hydrogen (secondary N) is 2. The molecule has 0 spiro atoms. The van der Waals surface area contributed by atoms with Crippen molar-refractivity contribution in [3.8, 4) is 0 Å². The first-order chi connectivity index (χ1) is 11.5. The van der Waals surface area contributed by atoms with E-state index in [-0.39, 0.29) is 11.8 Å². The molecular weight excluding hydrogens is 304 g/mol. The Bertz CT molecular complexity index is 894. The maximum atomic E-state index is 12.4. The van der Waals surface area contributed by atoms with Gasteiger partial charge in [-0.15, -0.1) is 0 Å². The molecular formula is C19H20N2O3. The Hall–Kier alpha value is -2.82. The zero-order chi connectivity index (χ0) is 17.1. The van der Waals surface area contributed by atoms with Gasteiger partial charge < -0.3 is 9.73 Å². The molecule has 5 nitrogen and oxygen atoms in total. The highest BCUT2D eigenvalue weighted by Crippen LogP contribution is 2.28. The summed E-state index contributed by atoms with van der Waals surface area (Å²) in [5.74, 6) is -0.0596. The van der Waals surface area contributed by atoms with Crippen LogP contribution in [0, 0.1) is 5.92 Å². The second-order valence-corrected chi connectivity index (χ2v) is 6.24. The highest BCUT2D eigenvalue weighted by Gasteiger charge is 2.19. The van der Waals surface area contributed by atoms with Crippen molar-refractivity contribution in [3.63, 3.8) is 0 Å². The standard InChI is InChI=1S/C19H20N2O3/c1-12(2)15(13-6-4-3-5-7-13)11-18(22)20-14-8-9-16-17(10-14)24-19(23)21-16/h3-10,12,15H,11H2,1-2H3,(H,20,22)(H,21,23). The van der Waals surface area contributed by atoms with Gasteiger partial charge in [0.15, 0.2) is 5.58 Å². The number of H-pyrrole nitrogens is 1. The Morgan fingerprint density at radius 1 is 1.17 bits per heavy atom. The van der Waals surface area contributed by atoms with Crippen LogP contribution in [0.5, 0.6) is 0 Å². The lowest BCUT2D eigenvalue weighted by Crippen LogP contribution is -2.18. The highest BCUT2D eigenvalue weighted by molar-refractivity contribution is 5.93. The van der Waals surface area contributed by atoms with E-state index in [4.69, 9.17) is 4.42 Å². The predicted octanol–water partition coefficient (Wildman–Crippen LogP) is 3.89. The van der Waals surface area contributed by atoms with Crippen molar-refractivity contribution in [2.45, 2.75) is 26.2 Å². The van der Waals surface area contributed by atoms with Crippen LogP contribution in [-0.2, 0) is 4.79 Å². The number of oxazole rings is 1. The predicted molar refractivity (Wildman–Crippen MR) is 94.1 cm³/mol. The Morgan fingerprint density at radius 3 is 2.62 bits per heavy atom. The summed E-state index contributed by atoms with van der Waals surface area (Å²) in [5, 5.41) is 2.88. The van der Waals surface area contributed by atoms with Crippen molar-refractivity contribution in [3.05, 3.63) is 64.6 Å². The highest BCUT2D eigenvalue weighted by atomic mass is 16.4. The van der Waals surface area contributed by atoms with Crippen LogP contribution in [-0.4, -0.2) is 10.9 Å². The Kier molecular flexibility index (Phi) is 4.51. The van der Waals surface area contributed by atoms with E-state index in [2.05, 4.69) is 36.3 Å². The first kappa shape index (κ1) is 16.1. The first-order valence-corrected chi connectivity index (χ1v) is 8.00. The molecule has 1 heterocycles. The molecule has 1 amide bonds. The number of fused-ring (bicyclic) bond motifs is 1. The van der Waals surface area contributed by atoms with E-state index >= 15 is 0 Å². The number of aromatic amines is 1. The van der Waals surface area contributed by atoms with Gasteiger partial charge in [-0.05, 0) is 29.5 Å². The van der Waals surface area contributed by atoms with Gasteiger partial charge >= 0.3 is 5.76 Å². The van der Waals surface area contributed by atoms with E-state index in [1.807, 2.05) is 18.2 Å². The fraction of sp³-hybridized carbons (Fsp3) is 0.263. The average Bonchev–Trinajstić information content (AvgIpc) is 2.92. The fourth-order valence-electron chi connectivity index (χ4n) is 2.87. The average molecular weight is 324 g/mol. The van der Waals surface area contributed by atoms with Gasteiger partial charge in [-0.1, -0.05) is 44.2 Å². The second-order valence-electron chi connectivity index (χ2n) is 6.24. The first-order valence-electron chi connectivity index (χ1n) is 8.00. The second kappa shape index (κ2) is 6.74. The molecule has 2 aromatic carbocycles. The van der Waals surface area contributed by atoms with Crippen LogP contribution in [0.2, 0.25) is 0 Å². The van der Waals surface area contributed by atoms with Crippen LogP contribution < -0.4 is 11.1 Å². The molecule has 0 aliphatic rings. The van der Waals surface area contributed by atoms with Crippen LogP contribution in [0.1, 0.15) is 31.7 Å². The number of anilines is 1. The lowest BCUT2D eigenvalue weighted by atomic mass is 9.85. The number of carbonyl (C=O) groups is 1. The number of amides is 1. The maximum Gasteiger partial charge on any atom is 0.417 e. The summed E-state index contributed by atoms with van der Waals surface area (Å²) >= 11 is 0. The van der Waals surface area contributed by atoms with E-state index < -0.39 is 5.76 Å². The molecule has 0 bridgehead atoms. The van der Waals surface area contributed by atoms with Crippen molar-refractivity contribution in [2.75, 3.05) is 5.32 Å². The van der Waals surface area contributed by atoms with Gasteiger partial charge in [0.05, 0.1) is 5.52 Å².